The summed E-state index contributed by atoms with van der Waals surface area (Å²) in [6, 6.07) is 18.5. The van der Waals surface area contributed by atoms with Gasteiger partial charge in [0.25, 0.3) is 11.8 Å². The number of fused-ring (bicyclic) bond motifs is 1. The fourth-order valence-electron chi connectivity index (χ4n) is 3.33. The normalized spacial score (nSPS) is 14.1. The van der Waals surface area contributed by atoms with E-state index in [9.17, 15) is 14.4 Å². The fourth-order valence-corrected chi connectivity index (χ4v) is 3.33. The molecular formula is C22H18N2O4. The van der Waals surface area contributed by atoms with Gasteiger partial charge in [-0.2, -0.15) is 0 Å². The summed E-state index contributed by atoms with van der Waals surface area (Å²) in [6.45, 7) is 0.181. The molecule has 140 valence electrons. The first-order chi connectivity index (χ1) is 13.6. The van der Waals surface area contributed by atoms with Crippen LogP contribution < -0.4 is 5.32 Å². The molecule has 6 heteroatoms. The Hall–Kier alpha value is -3.67. The number of nitrogens with one attached hydrogen (secondary N) is 1. The largest absolute Gasteiger partial charge is 0.467 e. The Bertz CT molecular complexity index is 977. The summed E-state index contributed by atoms with van der Waals surface area (Å²) in [6.07, 6.45) is 1.75. The highest BCUT2D eigenvalue weighted by Gasteiger charge is 2.42. The molecule has 0 unspecified atom stereocenters. The monoisotopic (exact) mass is 374 g/mol. The predicted octanol–water partition coefficient (Wildman–Crippen LogP) is 2.80. The Balaban J connectivity index is 1.62. The molecule has 4 rings (SSSR count). The van der Waals surface area contributed by atoms with E-state index in [0.29, 0.717) is 16.9 Å². The number of benzene rings is 2. The summed E-state index contributed by atoms with van der Waals surface area (Å²) in [4.78, 5) is 39.8. The van der Waals surface area contributed by atoms with Crippen LogP contribution in [0.15, 0.2) is 77.4 Å². The average Bonchev–Trinajstić information content (AvgIpc) is 3.33. The summed E-state index contributed by atoms with van der Waals surface area (Å²) in [7, 11) is 0. The van der Waals surface area contributed by atoms with Crippen molar-refractivity contribution in [1.82, 2.24) is 10.2 Å². The molecule has 0 radical (unpaired) electrons. The lowest BCUT2D eigenvalue weighted by Gasteiger charge is -2.25. The van der Waals surface area contributed by atoms with Gasteiger partial charge in [0.2, 0.25) is 5.91 Å². The van der Waals surface area contributed by atoms with Gasteiger partial charge in [-0.05, 0) is 29.8 Å². The quantitative estimate of drug-likeness (QED) is 0.673. The zero-order valence-corrected chi connectivity index (χ0v) is 15.0. The van der Waals surface area contributed by atoms with Crippen LogP contribution in [-0.4, -0.2) is 28.7 Å². The van der Waals surface area contributed by atoms with E-state index in [1.807, 2.05) is 30.3 Å². The lowest BCUT2D eigenvalue weighted by atomic mass is 10.0. The number of amides is 3. The third kappa shape index (κ3) is 3.32. The molecule has 3 amide bonds. The summed E-state index contributed by atoms with van der Waals surface area (Å²) in [5, 5.41) is 2.77. The number of furan rings is 1. The molecule has 0 saturated heterocycles. The van der Waals surface area contributed by atoms with Crippen LogP contribution in [0.3, 0.4) is 0 Å². The molecule has 1 aromatic heterocycles. The van der Waals surface area contributed by atoms with Crippen molar-refractivity contribution >= 4 is 17.7 Å². The molecule has 1 aliphatic heterocycles. The molecule has 2 heterocycles. The highest BCUT2D eigenvalue weighted by molar-refractivity contribution is 6.22. The van der Waals surface area contributed by atoms with Gasteiger partial charge in [0, 0.05) is 6.42 Å². The van der Waals surface area contributed by atoms with Gasteiger partial charge in [0.1, 0.15) is 11.8 Å². The van der Waals surface area contributed by atoms with E-state index in [0.717, 1.165) is 10.5 Å². The molecule has 0 saturated carbocycles. The second kappa shape index (κ2) is 7.52. The predicted molar refractivity (Wildman–Crippen MR) is 101 cm³/mol. The van der Waals surface area contributed by atoms with Gasteiger partial charge >= 0.3 is 0 Å². The minimum Gasteiger partial charge on any atom is -0.467 e. The van der Waals surface area contributed by atoms with E-state index < -0.39 is 23.8 Å². The van der Waals surface area contributed by atoms with Crippen LogP contribution in [-0.2, 0) is 17.8 Å². The van der Waals surface area contributed by atoms with Crippen molar-refractivity contribution in [2.75, 3.05) is 0 Å². The standard InChI is InChI=1S/C22H18N2O4/c25-20(23-14-16-9-6-12-28-16)19(13-15-7-2-1-3-8-15)24-21(26)17-10-4-5-11-18(17)22(24)27/h1-12,19H,13-14H2,(H,23,25)/t19-/m1/s1. The first-order valence-corrected chi connectivity index (χ1v) is 8.96. The molecule has 1 atom stereocenters. The molecule has 0 spiro atoms. The van der Waals surface area contributed by atoms with Crippen molar-refractivity contribution in [2.45, 2.75) is 19.0 Å². The van der Waals surface area contributed by atoms with Crippen molar-refractivity contribution in [1.29, 1.82) is 0 Å². The number of nitrogens with zero attached hydrogens (tertiary/aromatic N) is 1. The molecule has 6 nitrogen and oxygen atoms in total. The van der Waals surface area contributed by atoms with Gasteiger partial charge in [0.05, 0.1) is 23.9 Å². The number of imide groups is 1. The van der Waals surface area contributed by atoms with Crippen molar-refractivity contribution in [3.8, 4) is 0 Å². The van der Waals surface area contributed by atoms with E-state index in [1.54, 1.807) is 36.4 Å². The zero-order chi connectivity index (χ0) is 19.5. The summed E-state index contributed by atoms with van der Waals surface area (Å²) in [5.74, 6) is -0.715. The van der Waals surface area contributed by atoms with Gasteiger partial charge in [-0.1, -0.05) is 42.5 Å². The third-order valence-corrected chi connectivity index (χ3v) is 4.73. The first kappa shape index (κ1) is 17.7. The zero-order valence-electron chi connectivity index (χ0n) is 15.0. The molecule has 1 aliphatic rings. The van der Waals surface area contributed by atoms with Crippen molar-refractivity contribution < 1.29 is 18.8 Å². The lowest BCUT2D eigenvalue weighted by Crippen LogP contribution is -2.50. The number of carbonyl (C=O) groups is 3. The Morgan fingerprint density at radius 2 is 1.54 bits per heavy atom. The number of rotatable bonds is 6. The van der Waals surface area contributed by atoms with Crippen molar-refractivity contribution in [2.24, 2.45) is 0 Å². The summed E-state index contributed by atoms with van der Waals surface area (Å²) in [5.41, 5.74) is 1.51. The molecule has 3 aromatic rings. The number of hydrogen-bond donors (Lipinski definition) is 1. The van der Waals surface area contributed by atoms with Crippen LogP contribution in [0.5, 0.6) is 0 Å². The van der Waals surface area contributed by atoms with Gasteiger partial charge in [-0.25, -0.2) is 0 Å². The van der Waals surface area contributed by atoms with Crippen LogP contribution in [0.1, 0.15) is 32.0 Å². The lowest BCUT2D eigenvalue weighted by molar-refractivity contribution is -0.125. The topological polar surface area (TPSA) is 79.6 Å². The maximum atomic E-state index is 13.0. The summed E-state index contributed by atoms with van der Waals surface area (Å²) < 4.78 is 5.24. The molecule has 0 bridgehead atoms. The molecular weight excluding hydrogens is 356 g/mol. The Morgan fingerprint density at radius 3 is 2.14 bits per heavy atom. The highest BCUT2D eigenvalue weighted by Crippen LogP contribution is 2.26. The van der Waals surface area contributed by atoms with E-state index in [2.05, 4.69) is 5.32 Å². The Morgan fingerprint density at radius 1 is 0.893 bits per heavy atom. The van der Waals surface area contributed by atoms with Crippen LogP contribution in [0.4, 0.5) is 0 Å². The van der Waals surface area contributed by atoms with Gasteiger partial charge in [-0.3, -0.25) is 19.3 Å². The van der Waals surface area contributed by atoms with Crippen LogP contribution >= 0.6 is 0 Å². The maximum Gasteiger partial charge on any atom is 0.262 e. The molecule has 28 heavy (non-hydrogen) atoms. The number of hydrogen-bond acceptors (Lipinski definition) is 4. The maximum absolute atomic E-state index is 13.0. The van der Waals surface area contributed by atoms with Crippen LogP contribution in [0, 0.1) is 0 Å². The molecule has 0 aliphatic carbocycles. The second-order valence-electron chi connectivity index (χ2n) is 6.53. The highest BCUT2D eigenvalue weighted by atomic mass is 16.3. The van der Waals surface area contributed by atoms with E-state index in [4.69, 9.17) is 4.42 Å². The Kier molecular flexibility index (Phi) is 4.76. The van der Waals surface area contributed by atoms with Gasteiger partial charge in [-0.15, -0.1) is 0 Å². The third-order valence-electron chi connectivity index (χ3n) is 4.73. The average molecular weight is 374 g/mol. The van der Waals surface area contributed by atoms with Crippen LogP contribution in [0.2, 0.25) is 0 Å². The first-order valence-electron chi connectivity index (χ1n) is 8.96. The van der Waals surface area contributed by atoms with E-state index >= 15 is 0 Å². The van der Waals surface area contributed by atoms with Gasteiger partial charge in [0.15, 0.2) is 0 Å². The second-order valence-corrected chi connectivity index (χ2v) is 6.53. The molecule has 2 aromatic carbocycles. The minimum absolute atomic E-state index is 0.181. The molecule has 0 fully saturated rings. The van der Waals surface area contributed by atoms with Gasteiger partial charge < -0.3 is 9.73 Å². The van der Waals surface area contributed by atoms with Crippen molar-refractivity contribution in [3.05, 3.63) is 95.4 Å². The summed E-state index contributed by atoms with van der Waals surface area (Å²) >= 11 is 0. The minimum atomic E-state index is -0.954. The van der Waals surface area contributed by atoms with Crippen LogP contribution in [0.25, 0.3) is 0 Å². The fraction of sp³-hybridized carbons (Fsp3) is 0.136. The van der Waals surface area contributed by atoms with Crippen molar-refractivity contribution in [3.63, 3.8) is 0 Å². The smallest absolute Gasteiger partial charge is 0.262 e. The van der Waals surface area contributed by atoms with E-state index in [-0.39, 0.29) is 13.0 Å². The Labute approximate surface area is 161 Å². The molecule has 1 N–H and O–H groups in total. The van der Waals surface area contributed by atoms with E-state index in [1.165, 1.54) is 6.26 Å². The number of carbonyl (C=O) groups excluding carboxylic acids is 3. The SMILES string of the molecule is O=C(NCc1ccco1)[C@@H](Cc1ccccc1)N1C(=O)c2ccccc2C1=O.